The topological polar surface area (TPSA) is 90.4 Å². The number of hydrogen-bond acceptors (Lipinski definition) is 6. The van der Waals surface area contributed by atoms with Gasteiger partial charge >= 0.3 is 0 Å². The monoisotopic (exact) mass is 404 g/mol. The van der Waals surface area contributed by atoms with Crippen molar-refractivity contribution >= 4 is 11.6 Å². The number of ether oxygens (including phenoxy) is 1. The maximum absolute atomic E-state index is 14.5. The van der Waals surface area contributed by atoms with E-state index in [1.165, 1.54) is 6.07 Å². The maximum Gasteiger partial charge on any atom is 0.208 e. The second-order valence-electron chi connectivity index (χ2n) is 7.22. The Morgan fingerprint density at radius 3 is 2.97 bits per heavy atom. The van der Waals surface area contributed by atoms with Crippen LogP contribution in [0.2, 0.25) is 0 Å². The minimum absolute atomic E-state index is 0.251. The molecule has 0 saturated carbocycles. The van der Waals surface area contributed by atoms with Gasteiger partial charge in [-0.2, -0.15) is 0 Å². The fourth-order valence-corrected chi connectivity index (χ4v) is 3.89. The molecule has 0 spiro atoms. The van der Waals surface area contributed by atoms with Crippen LogP contribution in [0.5, 0.6) is 5.75 Å². The van der Waals surface area contributed by atoms with Crippen LogP contribution in [0.15, 0.2) is 42.9 Å². The molecule has 1 aliphatic heterocycles. The number of nitrogens with two attached hydrogens (primary N) is 1. The van der Waals surface area contributed by atoms with Crippen LogP contribution in [0.3, 0.4) is 0 Å². The normalized spacial score (nSPS) is 12.8. The highest BCUT2D eigenvalue weighted by molar-refractivity contribution is 5.79. The molecule has 4 heterocycles. The lowest BCUT2D eigenvalue weighted by Crippen LogP contribution is -2.10. The number of benzene rings is 1. The third-order valence-electron chi connectivity index (χ3n) is 5.41. The van der Waals surface area contributed by atoms with Gasteiger partial charge in [-0.05, 0) is 25.1 Å². The first-order chi connectivity index (χ1) is 14.7. The first-order valence-corrected chi connectivity index (χ1v) is 9.81. The molecule has 0 bridgehead atoms. The Bertz CT molecular complexity index is 1250. The quantitative estimate of drug-likeness (QED) is 0.531. The molecular formula is C22H21FN6O. The van der Waals surface area contributed by atoms with Crippen molar-refractivity contribution in [1.29, 1.82) is 0 Å². The summed E-state index contributed by atoms with van der Waals surface area (Å²) in [6, 6.07) is 7.01. The molecule has 152 valence electrons. The molecule has 8 heteroatoms. The van der Waals surface area contributed by atoms with Gasteiger partial charge in [-0.25, -0.2) is 14.4 Å². The maximum atomic E-state index is 14.5. The molecule has 7 nitrogen and oxygen atoms in total. The molecule has 4 aromatic rings. The smallest absolute Gasteiger partial charge is 0.208 e. The molecule has 0 aliphatic carbocycles. The molecule has 3 N–H and O–H groups in total. The minimum atomic E-state index is -0.251. The largest absolute Gasteiger partial charge is 0.493 e. The summed E-state index contributed by atoms with van der Waals surface area (Å²) in [7, 11) is 0. The van der Waals surface area contributed by atoms with E-state index in [-0.39, 0.29) is 5.82 Å². The van der Waals surface area contributed by atoms with Crippen LogP contribution >= 0.6 is 0 Å². The number of hydrogen-bond donors (Lipinski definition) is 2. The van der Waals surface area contributed by atoms with E-state index in [4.69, 9.17) is 10.5 Å². The first kappa shape index (κ1) is 18.5. The zero-order valence-electron chi connectivity index (χ0n) is 16.5. The lowest BCUT2D eigenvalue weighted by atomic mass is 10.0. The van der Waals surface area contributed by atoms with Gasteiger partial charge in [-0.15, -0.1) is 0 Å². The second kappa shape index (κ2) is 7.38. The van der Waals surface area contributed by atoms with E-state index >= 15 is 0 Å². The Labute approximate surface area is 172 Å². The lowest BCUT2D eigenvalue weighted by molar-refractivity contribution is 0.356. The second-order valence-corrected chi connectivity index (χ2v) is 7.22. The number of fused-ring (bicyclic) bond motifs is 2. The summed E-state index contributed by atoms with van der Waals surface area (Å²) in [5.41, 5.74) is 11.5. The first-order valence-electron chi connectivity index (χ1n) is 9.81. The van der Waals surface area contributed by atoms with E-state index < -0.39 is 0 Å². The molecule has 1 aliphatic rings. The standard InChI is InChI=1S/C22H21FN6O/c1-13-15(3-2-7-25-13)18-11-27-22(29-12-14(9-24)28-21(18)29)26-10-17-16-6-8-30-20(16)5-4-19(17)23/h2-5,7,11-12H,6,8-10,24H2,1H3,(H,26,27). The van der Waals surface area contributed by atoms with Crippen molar-refractivity contribution in [2.24, 2.45) is 5.73 Å². The highest BCUT2D eigenvalue weighted by Crippen LogP contribution is 2.31. The summed E-state index contributed by atoms with van der Waals surface area (Å²) in [5.74, 6) is 1.07. The fourth-order valence-electron chi connectivity index (χ4n) is 3.89. The van der Waals surface area contributed by atoms with Crippen molar-refractivity contribution in [2.75, 3.05) is 11.9 Å². The van der Waals surface area contributed by atoms with Gasteiger partial charge in [-0.3, -0.25) is 9.38 Å². The molecule has 3 aromatic heterocycles. The Morgan fingerprint density at radius 2 is 2.13 bits per heavy atom. The van der Waals surface area contributed by atoms with Crippen LogP contribution in [0.1, 0.15) is 22.5 Å². The minimum Gasteiger partial charge on any atom is -0.493 e. The van der Waals surface area contributed by atoms with Crippen molar-refractivity contribution in [3.63, 3.8) is 0 Å². The summed E-state index contributed by atoms with van der Waals surface area (Å²) in [5, 5.41) is 3.27. The molecule has 0 saturated heterocycles. The molecule has 5 rings (SSSR count). The lowest BCUT2D eigenvalue weighted by Gasteiger charge is -2.13. The highest BCUT2D eigenvalue weighted by Gasteiger charge is 2.20. The highest BCUT2D eigenvalue weighted by atomic mass is 19.1. The predicted molar refractivity (Wildman–Crippen MR) is 112 cm³/mol. The van der Waals surface area contributed by atoms with E-state index in [0.717, 1.165) is 39.5 Å². The number of aromatic nitrogens is 4. The Hall–Kier alpha value is -3.52. The number of pyridine rings is 1. The van der Waals surface area contributed by atoms with E-state index in [1.807, 2.05) is 29.7 Å². The van der Waals surface area contributed by atoms with Crippen molar-refractivity contribution in [3.8, 4) is 16.9 Å². The van der Waals surface area contributed by atoms with Crippen molar-refractivity contribution in [1.82, 2.24) is 19.4 Å². The number of imidazole rings is 1. The number of halogens is 1. The van der Waals surface area contributed by atoms with Crippen molar-refractivity contribution in [2.45, 2.75) is 26.4 Å². The molecule has 0 unspecified atom stereocenters. The van der Waals surface area contributed by atoms with Gasteiger partial charge in [0, 0.05) is 66.0 Å². The van der Waals surface area contributed by atoms with Gasteiger partial charge in [0.2, 0.25) is 5.95 Å². The average molecular weight is 404 g/mol. The molecule has 0 radical (unpaired) electrons. The van der Waals surface area contributed by atoms with E-state index in [2.05, 4.69) is 20.3 Å². The van der Waals surface area contributed by atoms with E-state index in [9.17, 15) is 4.39 Å². The predicted octanol–water partition coefficient (Wildman–Crippen LogP) is 3.24. The SMILES string of the molecule is Cc1ncccc1-c1cnc(NCc2c(F)ccc3c2CCO3)n2cc(CN)nc12. The van der Waals surface area contributed by atoms with Crippen LogP contribution in [0.25, 0.3) is 16.8 Å². The number of anilines is 1. The van der Waals surface area contributed by atoms with Crippen LogP contribution in [-0.2, 0) is 19.5 Å². The Morgan fingerprint density at radius 1 is 1.23 bits per heavy atom. The van der Waals surface area contributed by atoms with Gasteiger partial charge < -0.3 is 15.8 Å². The summed E-state index contributed by atoms with van der Waals surface area (Å²) in [6.45, 7) is 3.13. The zero-order chi connectivity index (χ0) is 20.7. The summed E-state index contributed by atoms with van der Waals surface area (Å²) < 4.78 is 21.9. The van der Waals surface area contributed by atoms with Crippen LogP contribution in [0, 0.1) is 12.7 Å². The Kier molecular flexibility index (Phi) is 4.55. The number of rotatable bonds is 5. The van der Waals surface area contributed by atoms with Crippen molar-refractivity contribution < 1.29 is 9.13 Å². The van der Waals surface area contributed by atoms with Gasteiger partial charge in [-0.1, -0.05) is 6.07 Å². The van der Waals surface area contributed by atoms with Gasteiger partial charge in [0.15, 0.2) is 0 Å². The van der Waals surface area contributed by atoms with Gasteiger partial charge in [0.25, 0.3) is 0 Å². The summed E-state index contributed by atoms with van der Waals surface area (Å²) in [6.07, 6.45) is 6.08. The van der Waals surface area contributed by atoms with Crippen molar-refractivity contribution in [3.05, 3.63) is 71.2 Å². The van der Waals surface area contributed by atoms with E-state index in [0.29, 0.717) is 37.6 Å². The molecule has 30 heavy (non-hydrogen) atoms. The zero-order valence-corrected chi connectivity index (χ0v) is 16.5. The Balaban J connectivity index is 1.55. The fraction of sp³-hybridized carbons (Fsp3) is 0.227. The van der Waals surface area contributed by atoms with Gasteiger partial charge in [0.05, 0.1) is 12.3 Å². The molecular weight excluding hydrogens is 383 g/mol. The third kappa shape index (κ3) is 3.05. The number of nitrogens with one attached hydrogen (secondary N) is 1. The number of aryl methyl sites for hydroxylation is 1. The molecule has 1 aromatic carbocycles. The number of nitrogens with zero attached hydrogens (tertiary/aromatic N) is 4. The summed E-state index contributed by atoms with van der Waals surface area (Å²) >= 11 is 0. The molecule has 0 atom stereocenters. The molecule has 0 fully saturated rings. The average Bonchev–Trinajstić information content (AvgIpc) is 3.40. The van der Waals surface area contributed by atoms with Crippen LogP contribution in [-0.4, -0.2) is 26.0 Å². The molecule has 0 amide bonds. The summed E-state index contributed by atoms with van der Waals surface area (Å²) in [4.78, 5) is 13.6. The van der Waals surface area contributed by atoms with Gasteiger partial charge in [0.1, 0.15) is 17.2 Å². The van der Waals surface area contributed by atoms with E-state index in [1.54, 1.807) is 18.5 Å². The van der Waals surface area contributed by atoms with Crippen LogP contribution < -0.4 is 15.8 Å². The van der Waals surface area contributed by atoms with Crippen LogP contribution in [0.4, 0.5) is 10.3 Å². The third-order valence-corrected chi connectivity index (χ3v) is 5.41.